The van der Waals surface area contributed by atoms with Crippen LogP contribution in [0.4, 0.5) is 0 Å². The van der Waals surface area contributed by atoms with Crippen LogP contribution in [0.2, 0.25) is 0 Å². The van der Waals surface area contributed by atoms with Gasteiger partial charge in [0.25, 0.3) is 0 Å². The van der Waals surface area contributed by atoms with Crippen LogP contribution in [0.3, 0.4) is 0 Å². The van der Waals surface area contributed by atoms with Gasteiger partial charge in [0.2, 0.25) is 5.91 Å². The molecule has 1 saturated heterocycles. The minimum atomic E-state index is 0.104. The maximum absolute atomic E-state index is 12.2. The van der Waals surface area contributed by atoms with Gasteiger partial charge in [0, 0.05) is 37.8 Å². The number of rotatable bonds is 3. The number of carbonyl (C=O) groups is 1. The fourth-order valence-corrected chi connectivity index (χ4v) is 2.96. The van der Waals surface area contributed by atoms with E-state index in [1.165, 1.54) is 0 Å². The van der Waals surface area contributed by atoms with Gasteiger partial charge in [-0.25, -0.2) is 4.98 Å². The van der Waals surface area contributed by atoms with E-state index in [4.69, 9.17) is 4.74 Å². The molecule has 5 nitrogen and oxygen atoms in total. The second-order valence-corrected chi connectivity index (χ2v) is 5.57. The molecule has 1 aliphatic heterocycles. The van der Waals surface area contributed by atoms with Crippen molar-refractivity contribution in [1.29, 1.82) is 0 Å². The summed E-state index contributed by atoms with van der Waals surface area (Å²) in [7, 11) is 0. The molecular weight excluding hydrogens is 242 g/mol. The quantitative estimate of drug-likeness (QED) is 0.857. The van der Waals surface area contributed by atoms with E-state index in [2.05, 4.69) is 15.3 Å². The zero-order valence-corrected chi connectivity index (χ0v) is 11.2. The van der Waals surface area contributed by atoms with Crippen LogP contribution in [0.5, 0.6) is 0 Å². The molecule has 0 bridgehead atoms. The van der Waals surface area contributed by atoms with Crippen molar-refractivity contribution < 1.29 is 9.53 Å². The molecule has 19 heavy (non-hydrogen) atoms. The lowest BCUT2D eigenvalue weighted by Gasteiger charge is -2.25. The fraction of sp³-hybridized carbons (Fsp3) is 0.714. The van der Waals surface area contributed by atoms with Gasteiger partial charge < -0.3 is 15.0 Å². The molecule has 2 N–H and O–H groups in total. The van der Waals surface area contributed by atoms with E-state index in [0.29, 0.717) is 5.92 Å². The van der Waals surface area contributed by atoms with Gasteiger partial charge in [0.05, 0.1) is 12.0 Å². The Balaban J connectivity index is 1.48. The van der Waals surface area contributed by atoms with Gasteiger partial charge in [0.15, 0.2) is 0 Å². The summed E-state index contributed by atoms with van der Waals surface area (Å²) in [5.74, 6) is 0.892. The lowest BCUT2D eigenvalue weighted by atomic mass is 9.89. The van der Waals surface area contributed by atoms with Crippen LogP contribution in [0, 0.1) is 11.8 Å². The van der Waals surface area contributed by atoms with Crippen LogP contribution in [0.1, 0.15) is 30.7 Å². The fourth-order valence-electron chi connectivity index (χ4n) is 2.96. The molecule has 0 saturated carbocycles. The lowest BCUT2D eigenvalue weighted by Crippen LogP contribution is -2.38. The molecule has 104 valence electrons. The predicted molar refractivity (Wildman–Crippen MR) is 70.7 cm³/mol. The first-order valence-corrected chi connectivity index (χ1v) is 7.19. The number of aromatic nitrogens is 2. The number of aromatic amines is 1. The maximum Gasteiger partial charge on any atom is 0.223 e. The number of nitrogens with one attached hydrogen (secondary N) is 2. The molecule has 2 heterocycles. The number of hydrogen-bond acceptors (Lipinski definition) is 3. The number of ether oxygens (including phenoxy) is 1. The first-order chi connectivity index (χ1) is 9.33. The minimum absolute atomic E-state index is 0.104. The van der Waals surface area contributed by atoms with Gasteiger partial charge in [-0.2, -0.15) is 0 Å². The third-order valence-electron chi connectivity index (χ3n) is 4.26. The van der Waals surface area contributed by atoms with Crippen LogP contribution >= 0.6 is 0 Å². The molecule has 0 radical (unpaired) electrons. The average molecular weight is 263 g/mol. The van der Waals surface area contributed by atoms with Crippen molar-refractivity contribution >= 4 is 5.91 Å². The van der Waals surface area contributed by atoms with Crippen molar-refractivity contribution in [2.24, 2.45) is 11.8 Å². The van der Waals surface area contributed by atoms with E-state index in [1.807, 2.05) is 0 Å². The summed E-state index contributed by atoms with van der Waals surface area (Å²) in [6.07, 6.45) is 6.48. The number of carbonyl (C=O) groups excluding carboxylic acids is 1. The number of hydrogen-bond donors (Lipinski definition) is 2. The van der Waals surface area contributed by atoms with Crippen molar-refractivity contribution in [3.8, 4) is 0 Å². The Morgan fingerprint density at radius 3 is 3.11 bits per heavy atom. The molecule has 2 aliphatic rings. The monoisotopic (exact) mass is 263 g/mol. The van der Waals surface area contributed by atoms with Crippen LogP contribution < -0.4 is 5.32 Å². The van der Waals surface area contributed by atoms with Crippen molar-refractivity contribution in [3.05, 3.63) is 17.7 Å². The Kier molecular flexibility index (Phi) is 3.82. The number of fused-ring (bicyclic) bond motifs is 1. The number of aryl methyl sites for hydroxylation is 1. The van der Waals surface area contributed by atoms with Gasteiger partial charge in [-0.1, -0.05) is 0 Å². The van der Waals surface area contributed by atoms with E-state index < -0.39 is 0 Å². The molecule has 1 aromatic heterocycles. The summed E-state index contributed by atoms with van der Waals surface area (Å²) in [6, 6.07) is 0. The molecule has 1 aromatic rings. The molecule has 5 heteroatoms. The van der Waals surface area contributed by atoms with Crippen molar-refractivity contribution in [3.63, 3.8) is 0 Å². The normalized spacial score (nSPS) is 23.9. The summed E-state index contributed by atoms with van der Waals surface area (Å²) < 4.78 is 5.33. The Morgan fingerprint density at radius 1 is 1.42 bits per heavy atom. The lowest BCUT2D eigenvalue weighted by molar-refractivity contribution is -0.125. The zero-order chi connectivity index (χ0) is 13.1. The standard InChI is InChI=1S/C14H21N3O2/c18-14(15-8-10-3-5-19-6-4-10)11-1-2-12-13(7-11)17-9-16-12/h9-11H,1-8H2,(H,15,18)(H,16,17)/t11-/m0/s1. The number of nitrogens with zero attached hydrogens (tertiary/aromatic N) is 1. The summed E-state index contributed by atoms with van der Waals surface area (Å²) >= 11 is 0. The largest absolute Gasteiger partial charge is 0.381 e. The van der Waals surface area contributed by atoms with Crippen molar-refractivity contribution in [2.75, 3.05) is 19.8 Å². The summed E-state index contributed by atoms with van der Waals surface area (Å²) in [6.45, 7) is 2.47. The summed E-state index contributed by atoms with van der Waals surface area (Å²) in [5.41, 5.74) is 2.27. The Bertz CT molecular complexity index is 438. The average Bonchev–Trinajstić information content (AvgIpc) is 2.93. The third kappa shape index (κ3) is 2.97. The van der Waals surface area contributed by atoms with Gasteiger partial charge in [-0.15, -0.1) is 0 Å². The molecule has 3 rings (SSSR count). The smallest absolute Gasteiger partial charge is 0.223 e. The second-order valence-electron chi connectivity index (χ2n) is 5.57. The molecule has 0 spiro atoms. The van der Waals surface area contributed by atoms with E-state index in [-0.39, 0.29) is 11.8 Å². The van der Waals surface area contributed by atoms with Crippen LogP contribution in [0.15, 0.2) is 6.33 Å². The van der Waals surface area contributed by atoms with E-state index in [9.17, 15) is 4.79 Å². The van der Waals surface area contributed by atoms with Gasteiger partial charge in [-0.05, 0) is 31.6 Å². The van der Waals surface area contributed by atoms with E-state index >= 15 is 0 Å². The zero-order valence-electron chi connectivity index (χ0n) is 11.2. The molecule has 1 atom stereocenters. The number of amides is 1. The van der Waals surface area contributed by atoms with E-state index in [0.717, 1.165) is 63.3 Å². The maximum atomic E-state index is 12.2. The molecule has 1 amide bonds. The highest BCUT2D eigenvalue weighted by atomic mass is 16.5. The first kappa shape index (κ1) is 12.7. The summed E-state index contributed by atoms with van der Waals surface area (Å²) in [4.78, 5) is 19.6. The second kappa shape index (κ2) is 5.74. The molecule has 1 fully saturated rings. The van der Waals surface area contributed by atoms with Gasteiger partial charge in [-0.3, -0.25) is 4.79 Å². The SMILES string of the molecule is O=C(NCC1CCOCC1)[C@H]1CCc2nc[nH]c2C1. The molecule has 0 unspecified atom stereocenters. The third-order valence-corrected chi connectivity index (χ3v) is 4.26. The molecular formula is C14H21N3O2. The topological polar surface area (TPSA) is 67.0 Å². The van der Waals surface area contributed by atoms with Gasteiger partial charge in [0.1, 0.15) is 0 Å². The van der Waals surface area contributed by atoms with Crippen LogP contribution in [-0.2, 0) is 22.4 Å². The predicted octanol–water partition coefficient (Wildman–Crippen LogP) is 1.06. The Morgan fingerprint density at radius 2 is 2.26 bits per heavy atom. The minimum Gasteiger partial charge on any atom is -0.381 e. The summed E-state index contributed by atoms with van der Waals surface area (Å²) in [5, 5.41) is 3.12. The highest BCUT2D eigenvalue weighted by molar-refractivity contribution is 5.79. The highest BCUT2D eigenvalue weighted by Gasteiger charge is 2.26. The van der Waals surface area contributed by atoms with Crippen molar-refractivity contribution in [2.45, 2.75) is 32.1 Å². The van der Waals surface area contributed by atoms with Crippen LogP contribution in [-0.4, -0.2) is 35.6 Å². The Hall–Kier alpha value is -1.36. The Labute approximate surface area is 113 Å². The van der Waals surface area contributed by atoms with Crippen molar-refractivity contribution in [1.82, 2.24) is 15.3 Å². The molecule has 0 aromatic carbocycles. The van der Waals surface area contributed by atoms with E-state index in [1.54, 1.807) is 6.33 Å². The van der Waals surface area contributed by atoms with Gasteiger partial charge >= 0.3 is 0 Å². The number of imidazole rings is 1. The molecule has 1 aliphatic carbocycles. The number of H-pyrrole nitrogens is 1. The first-order valence-electron chi connectivity index (χ1n) is 7.19. The highest BCUT2D eigenvalue weighted by Crippen LogP contribution is 2.23. The van der Waals surface area contributed by atoms with Crippen LogP contribution in [0.25, 0.3) is 0 Å².